The van der Waals surface area contributed by atoms with Gasteiger partial charge in [-0.2, -0.15) is 8.78 Å². The summed E-state index contributed by atoms with van der Waals surface area (Å²) < 4.78 is 82.5. The van der Waals surface area contributed by atoms with Crippen molar-refractivity contribution in [3.8, 4) is 0 Å². The molecule has 7 rings (SSSR count). The molecule has 3 aliphatic heterocycles. The highest BCUT2D eigenvalue weighted by Gasteiger charge is 2.44. The monoisotopic (exact) mass is 776 g/mol. The third kappa shape index (κ3) is 8.77. The number of ether oxygens (including phenoxy) is 1. The summed E-state index contributed by atoms with van der Waals surface area (Å²) in [7, 11) is 2.07. The zero-order chi connectivity index (χ0) is 39.8. The average Bonchev–Trinajstić information content (AvgIpc) is 3.55. The van der Waals surface area contributed by atoms with Crippen LogP contribution in [0.3, 0.4) is 0 Å². The zero-order valence-electron chi connectivity index (χ0n) is 32.8. The van der Waals surface area contributed by atoms with Crippen molar-refractivity contribution in [3.05, 3.63) is 111 Å². The van der Waals surface area contributed by atoms with Gasteiger partial charge in [0.05, 0.1) is 18.0 Å². The Morgan fingerprint density at radius 2 is 1.70 bits per heavy atom. The van der Waals surface area contributed by atoms with Crippen LogP contribution in [0.2, 0.25) is 0 Å². The van der Waals surface area contributed by atoms with Gasteiger partial charge in [-0.1, -0.05) is 44.2 Å². The number of alkyl halides is 5. The van der Waals surface area contributed by atoms with Crippen molar-refractivity contribution in [3.63, 3.8) is 0 Å². The molecule has 1 saturated carbocycles. The predicted octanol–water partition coefficient (Wildman–Crippen LogP) is 10.1. The van der Waals surface area contributed by atoms with Gasteiger partial charge in [-0.3, -0.25) is 4.98 Å². The Balaban J connectivity index is 1.24. The molecule has 6 nitrogen and oxygen atoms in total. The average molecular weight is 777 g/mol. The van der Waals surface area contributed by atoms with Gasteiger partial charge in [0, 0.05) is 85.3 Å². The molecule has 0 spiro atoms. The molecule has 0 bridgehead atoms. The van der Waals surface area contributed by atoms with E-state index in [-0.39, 0.29) is 54.2 Å². The van der Waals surface area contributed by atoms with Gasteiger partial charge in [0.15, 0.2) is 6.17 Å². The van der Waals surface area contributed by atoms with Gasteiger partial charge in [0.1, 0.15) is 17.6 Å². The van der Waals surface area contributed by atoms with E-state index in [1.54, 1.807) is 12.3 Å². The lowest BCUT2D eigenvalue weighted by atomic mass is 9.68. The van der Waals surface area contributed by atoms with Crippen molar-refractivity contribution < 1.29 is 31.8 Å². The van der Waals surface area contributed by atoms with Crippen LogP contribution in [0.5, 0.6) is 0 Å². The Morgan fingerprint density at radius 1 is 0.982 bits per heavy atom. The number of pyridine rings is 1. The number of aliphatic hydroxyl groups is 1. The van der Waals surface area contributed by atoms with Gasteiger partial charge in [-0.25, -0.2) is 18.2 Å². The van der Waals surface area contributed by atoms with Crippen molar-refractivity contribution in [2.24, 2.45) is 10.4 Å². The number of halogens is 5. The zero-order valence-corrected chi connectivity index (χ0v) is 32.8. The molecule has 4 heterocycles. The lowest BCUT2D eigenvalue weighted by Crippen LogP contribution is -2.35. The second kappa shape index (κ2) is 16.1. The van der Waals surface area contributed by atoms with Crippen molar-refractivity contribution in [1.29, 1.82) is 0 Å². The third-order valence-electron chi connectivity index (χ3n) is 12.2. The topological polar surface area (TPSA) is 61.2 Å². The van der Waals surface area contributed by atoms with Crippen LogP contribution in [0.1, 0.15) is 135 Å². The number of aliphatic hydroxyl groups excluding tert-OH is 1. The van der Waals surface area contributed by atoms with Crippen LogP contribution in [0.15, 0.2) is 76.9 Å². The summed E-state index contributed by atoms with van der Waals surface area (Å²) in [6, 6.07) is 5.26. The summed E-state index contributed by atoms with van der Waals surface area (Å²) in [6.45, 7) is 8.71. The minimum atomic E-state index is -3.22. The molecule has 3 unspecified atom stereocenters. The fourth-order valence-corrected chi connectivity index (χ4v) is 9.29. The Hall–Kier alpha value is -4.01. The number of nitrogens with zero attached hydrogens (tertiary/aromatic N) is 4. The lowest BCUT2D eigenvalue weighted by molar-refractivity contribution is -0.0385. The Labute approximate surface area is 327 Å². The maximum absolute atomic E-state index is 17.6. The van der Waals surface area contributed by atoms with Crippen molar-refractivity contribution >= 4 is 5.87 Å². The third-order valence-corrected chi connectivity index (χ3v) is 12.2. The second-order valence-corrected chi connectivity index (χ2v) is 17.1. The predicted molar refractivity (Wildman–Crippen MR) is 208 cm³/mol. The summed E-state index contributed by atoms with van der Waals surface area (Å²) in [6.07, 6.45) is 7.59. The number of piperidine rings is 1. The van der Waals surface area contributed by atoms with Gasteiger partial charge in [-0.15, -0.1) is 5.73 Å². The van der Waals surface area contributed by atoms with Crippen molar-refractivity contribution in [2.45, 2.75) is 121 Å². The molecule has 2 aromatic rings. The molecule has 3 atom stereocenters. The summed E-state index contributed by atoms with van der Waals surface area (Å²) in [5.41, 5.74) is 6.39. The van der Waals surface area contributed by atoms with E-state index in [1.807, 2.05) is 6.08 Å². The van der Waals surface area contributed by atoms with E-state index in [4.69, 9.17) is 9.72 Å². The van der Waals surface area contributed by atoms with Crippen LogP contribution in [-0.4, -0.2) is 71.0 Å². The number of likely N-dealkylation sites (tertiary alicyclic amines) is 2. The smallest absolute Gasteiger partial charge is 0.291 e. The molecule has 300 valence electrons. The second-order valence-electron chi connectivity index (χ2n) is 17.1. The maximum Gasteiger partial charge on any atom is 0.291 e. The molecule has 1 aromatic heterocycles. The number of aromatic nitrogens is 1. The quantitative estimate of drug-likeness (QED) is 0.156. The molecule has 0 amide bonds. The Kier molecular flexibility index (Phi) is 11.5. The van der Waals surface area contributed by atoms with Crippen molar-refractivity contribution in [2.75, 3.05) is 33.2 Å². The highest BCUT2D eigenvalue weighted by molar-refractivity contribution is 5.62. The van der Waals surface area contributed by atoms with E-state index in [2.05, 4.69) is 47.3 Å². The summed E-state index contributed by atoms with van der Waals surface area (Å²) >= 11 is 0. The highest BCUT2D eigenvalue weighted by Crippen LogP contribution is 2.52. The van der Waals surface area contributed by atoms with E-state index in [9.17, 15) is 22.7 Å². The number of likely N-dealkylation sites (N-methyl/N-ethyl adjacent to an activating group) is 1. The molecule has 1 aromatic carbocycles. The molecule has 3 fully saturated rings. The molecular formula is C45H53F5N4O2. The lowest BCUT2D eigenvalue weighted by Gasteiger charge is -2.41. The number of benzene rings is 1. The van der Waals surface area contributed by atoms with Gasteiger partial charge in [-0.05, 0) is 87.5 Å². The standard InChI is InChI=1S/C45H53F5N4O2/c1-5-18-45(49,50)32-11-9-30(10-12-32)41(46)40-38(29-13-19-44(47,48)20-14-29)39-36(24-43(2,3)25-37(39)55)52-42(40)31-15-22-54(23-16-31)33-7-6-8-34(27-51-26-33)56-35-17-21-53(4)28-35/h5,7-12,18,27,29,31,35,37,41,55H,13-17,19-25,28H2,1-4H3/b18-5+,34-27+. The molecule has 2 saturated heterocycles. The minimum Gasteiger partial charge on any atom is -0.487 e. The van der Waals surface area contributed by atoms with Crippen LogP contribution in [0, 0.1) is 5.41 Å². The van der Waals surface area contributed by atoms with Crippen LogP contribution >= 0.6 is 0 Å². The Bertz CT molecular complexity index is 1960. The maximum atomic E-state index is 17.6. The number of hydrogen-bond donors (Lipinski definition) is 1. The summed E-state index contributed by atoms with van der Waals surface area (Å²) in [4.78, 5) is 14.0. The molecule has 5 aliphatic rings. The normalized spacial score (nSPS) is 26.1. The van der Waals surface area contributed by atoms with E-state index in [0.29, 0.717) is 72.6 Å². The highest BCUT2D eigenvalue weighted by atomic mass is 19.3. The summed E-state index contributed by atoms with van der Waals surface area (Å²) in [5.74, 6) is -2.84. The van der Waals surface area contributed by atoms with E-state index in [0.717, 1.165) is 31.3 Å². The minimum absolute atomic E-state index is 0.105. The molecule has 56 heavy (non-hydrogen) atoms. The first kappa shape index (κ1) is 40.2. The fraction of sp³-hybridized carbons (Fsp3) is 0.556. The van der Waals surface area contributed by atoms with Gasteiger partial charge < -0.3 is 19.6 Å². The molecule has 1 N–H and O–H groups in total. The molecular weight excluding hydrogens is 724 g/mol. The van der Waals surface area contributed by atoms with Crippen LogP contribution in [0.25, 0.3) is 0 Å². The molecule has 0 radical (unpaired) electrons. The van der Waals surface area contributed by atoms with Crippen LogP contribution < -0.4 is 0 Å². The van der Waals surface area contributed by atoms with E-state index < -0.39 is 30.0 Å². The number of fused-ring (bicyclic) bond motifs is 1. The number of rotatable bonds is 9. The number of allylic oxidation sites excluding steroid dienone is 4. The van der Waals surface area contributed by atoms with E-state index >= 15 is 4.39 Å². The first-order valence-electron chi connectivity index (χ1n) is 20.1. The largest absolute Gasteiger partial charge is 0.487 e. The van der Waals surface area contributed by atoms with Gasteiger partial charge in [0.2, 0.25) is 5.92 Å². The summed E-state index contributed by atoms with van der Waals surface area (Å²) in [5, 5.41) is 11.7. The number of hydrogen-bond acceptors (Lipinski definition) is 6. The van der Waals surface area contributed by atoms with Crippen molar-refractivity contribution in [1.82, 2.24) is 14.8 Å². The first-order chi connectivity index (χ1) is 26.6. The van der Waals surface area contributed by atoms with Crippen LogP contribution in [-0.2, 0) is 17.1 Å². The van der Waals surface area contributed by atoms with Gasteiger partial charge in [0.25, 0.3) is 5.92 Å². The van der Waals surface area contributed by atoms with Gasteiger partial charge >= 0.3 is 0 Å². The first-order valence-corrected chi connectivity index (χ1v) is 20.1. The fourth-order valence-electron chi connectivity index (χ4n) is 9.29. The molecule has 2 aliphatic carbocycles. The Morgan fingerprint density at radius 3 is 2.36 bits per heavy atom. The SMILES string of the molecule is C/C=C/C(F)(F)c1ccc(C(F)c2c(C3CCN(C4=C=N/C=C(/OC5CCN(C)C5)C=C=C4)CC3)nc3c(c2C2CCC(F)(F)CC2)C(O)CC(C)(C)C3)cc1. The molecule has 11 heteroatoms. The van der Waals surface area contributed by atoms with E-state index in [1.165, 1.54) is 37.3 Å². The van der Waals surface area contributed by atoms with Crippen LogP contribution in [0.4, 0.5) is 22.0 Å². The number of aliphatic imine (C=N–C) groups is 1.